The Hall–Kier alpha value is -1.90. The number of ether oxygens (including phenoxy) is 1. The number of nitrogens with one attached hydrogen (secondary N) is 2. The van der Waals surface area contributed by atoms with Crippen molar-refractivity contribution >= 4 is 27.3 Å². The summed E-state index contributed by atoms with van der Waals surface area (Å²) in [4.78, 5) is 12.1. The number of sulfonamides is 1. The summed E-state index contributed by atoms with van der Waals surface area (Å²) in [6.07, 6.45) is 0.597. The number of hydrogen-bond acceptors (Lipinski definition) is 5. The Balaban J connectivity index is 2.19. The second kappa shape index (κ2) is 8.46. The Morgan fingerprint density at radius 1 is 1.24 bits per heavy atom. The van der Waals surface area contributed by atoms with E-state index in [0.717, 1.165) is 22.6 Å². The summed E-state index contributed by atoms with van der Waals surface area (Å²) in [5.74, 6) is 0.446. The van der Waals surface area contributed by atoms with E-state index in [4.69, 9.17) is 4.74 Å². The molecule has 0 saturated heterocycles. The van der Waals surface area contributed by atoms with Crippen molar-refractivity contribution in [2.45, 2.75) is 31.2 Å². The lowest BCUT2D eigenvalue weighted by Gasteiger charge is -2.17. The molecule has 1 atom stereocenters. The number of amides is 1. The largest absolute Gasteiger partial charge is 0.494 e. The number of hydrogen-bond donors (Lipinski definition) is 2. The second-order valence-corrected chi connectivity index (χ2v) is 7.94. The van der Waals surface area contributed by atoms with Crippen LogP contribution in [0.2, 0.25) is 0 Å². The van der Waals surface area contributed by atoms with Crippen LogP contribution >= 0.6 is 11.3 Å². The van der Waals surface area contributed by atoms with Gasteiger partial charge in [0.15, 0.2) is 0 Å². The van der Waals surface area contributed by atoms with E-state index in [1.54, 1.807) is 0 Å². The van der Waals surface area contributed by atoms with Crippen molar-refractivity contribution in [3.63, 3.8) is 0 Å². The molecule has 25 heavy (non-hydrogen) atoms. The molecule has 0 radical (unpaired) electrons. The van der Waals surface area contributed by atoms with E-state index in [1.165, 1.54) is 18.5 Å². The quantitative estimate of drug-likeness (QED) is 0.735. The van der Waals surface area contributed by atoms with Crippen molar-refractivity contribution in [1.29, 1.82) is 0 Å². The molecule has 0 aliphatic rings. The first kappa shape index (κ1) is 19.4. The zero-order valence-electron chi connectivity index (χ0n) is 14.4. The molecule has 0 fully saturated rings. The molecule has 2 rings (SSSR count). The fourth-order valence-electron chi connectivity index (χ4n) is 2.31. The molecule has 1 amide bonds. The van der Waals surface area contributed by atoms with Gasteiger partial charge < -0.3 is 10.1 Å². The minimum atomic E-state index is -3.71. The van der Waals surface area contributed by atoms with Crippen molar-refractivity contribution in [3.05, 3.63) is 46.2 Å². The lowest BCUT2D eigenvalue weighted by Crippen LogP contribution is -2.28. The Kier molecular flexibility index (Phi) is 6.57. The summed E-state index contributed by atoms with van der Waals surface area (Å²) in [5, 5.41) is 3.95. The van der Waals surface area contributed by atoms with Gasteiger partial charge in [-0.1, -0.05) is 19.1 Å². The lowest BCUT2D eigenvalue weighted by atomic mass is 10.1. The Morgan fingerprint density at radius 3 is 2.48 bits per heavy atom. The van der Waals surface area contributed by atoms with Crippen LogP contribution in [0.5, 0.6) is 5.75 Å². The van der Waals surface area contributed by atoms with Gasteiger partial charge in [-0.25, -0.2) is 13.1 Å². The van der Waals surface area contributed by atoms with Crippen LogP contribution in [0.1, 0.15) is 41.5 Å². The van der Waals surface area contributed by atoms with E-state index in [0.29, 0.717) is 17.9 Å². The van der Waals surface area contributed by atoms with Crippen LogP contribution in [-0.4, -0.2) is 28.0 Å². The SMILES string of the molecule is CCOc1ccc([C@H](CC)NS(=O)(=O)c2csc(C(=O)NC)c2)cc1. The molecule has 1 aromatic carbocycles. The normalized spacial score (nSPS) is 12.6. The fourth-order valence-corrected chi connectivity index (χ4v) is 4.83. The first-order valence-electron chi connectivity index (χ1n) is 7.97. The first-order valence-corrected chi connectivity index (χ1v) is 10.3. The van der Waals surface area contributed by atoms with E-state index in [1.807, 2.05) is 38.1 Å². The highest BCUT2D eigenvalue weighted by molar-refractivity contribution is 7.89. The molecule has 0 aliphatic heterocycles. The van der Waals surface area contributed by atoms with E-state index < -0.39 is 10.0 Å². The number of carbonyl (C=O) groups excluding carboxylic acids is 1. The van der Waals surface area contributed by atoms with Gasteiger partial charge in [-0.2, -0.15) is 0 Å². The van der Waals surface area contributed by atoms with Gasteiger partial charge >= 0.3 is 0 Å². The first-order chi connectivity index (χ1) is 11.9. The van der Waals surface area contributed by atoms with Crippen molar-refractivity contribution in [2.24, 2.45) is 0 Å². The summed E-state index contributed by atoms with van der Waals surface area (Å²) < 4.78 is 33.3. The number of carbonyl (C=O) groups is 1. The van der Waals surface area contributed by atoms with E-state index in [-0.39, 0.29) is 16.8 Å². The maximum absolute atomic E-state index is 12.6. The molecule has 0 saturated carbocycles. The van der Waals surface area contributed by atoms with Gasteiger partial charge in [0.2, 0.25) is 10.0 Å². The monoisotopic (exact) mass is 382 g/mol. The third-order valence-corrected chi connectivity index (χ3v) is 6.16. The molecule has 0 bridgehead atoms. The molecule has 0 unspecified atom stereocenters. The van der Waals surface area contributed by atoms with Gasteiger partial charge in [-0.05, 0) is 37.1 Å². The number of thiophene rings is 1. The third kappa shape index (κ3) is 4.81. The summed E-state index contributed by atoms with van der Waals surface area (Å²) >= 11 is 1.10. The van der Waals surface area contributed by atoms with Gasteiger partial charge in [-0.3, -0.25) is 4.79 Å². The molecular formula is C17H22N2O4S2. The molecule has 0 aliphatic carbocycles. The van der Waals surface area contributed by atoms with Crippen LogP contribution in [0.25, 0.3) is 0 Å². The average molecular weight is 383 g/mol. The maximum Gasteiger partial charge on any atom is 0.261 e. The fraction of sp³-hybridized carbons (Fsp3) is 0.353. The summed E-state index contributed by atoms with van der Waals surface area (Å²) in [6, 6.07) is 8.38. The predicted molar refractivity (Wildman–Crippen MR) is 98.7 cm³/mol. The highest BCUT2D eigenvalue weighted by Crippen LogP contribution is 2.25. The average Bonchev–Trinajstić information content (AvgIpc) is 3.11. The zero-order chi connectivity index (χ0) is 18.4. The topological polar surface area (TPSA) is 84.5 Å². The van der Waals surface area contributed by atoms with Crippen LogP contribution in [0.4, 0.5) is 0 Å². The van der Waals surface area contributed by atoms with Crippen LogP contribution in [0.15, 0.2) is 40.6 Å². The van der Waals surface area contributed by atoms with Gasteiger partial charge in [-0.15, -0.1) is 11.3 Å². The molecule has 2 N–H and O–H groups in total. The van der Waals surface area contributed by atoms with Crippen LogP contribution < -0.4 is 14.8 Å². The van der Waals surface area contributed by atoms with Gasteiger partial charge in [0.25, 0.3) is 5.91 Å². The smallest absolute Gasteiger partial charge is 0.261 e. The van der Waals surface area contributed by atoms with Crippen LogP contribution in [0, 0.1) is 0 Å². The highest BCUT2D eigenvalue weighted by atomic mass is 32.2. The minimum absolute atomic E-state index is 0.0977. The number of benzene rings is 1. The molecule has 6 nitrogen and oxygen atoms in total. The van der Waals surface area contributed by atoms with E-state index in [2.05, 4.69) is 10.0 Å². The van der Waals surface area contributed by atoms with Gasteiger partial charge in [0, 0.05) is 18.5 Å². The molecule has 8 heteroatoms. The van der Waals surface area contributed by atoms with Crippen molar-refractivity contribution in [2.75, 3.05) is 13.7 Å². The molecule has 1 heterocycles. The molecule has 2 aromatic rings. The second-order valence-electron chi connectivity index (χ2n) is 5.31. The Morgan fingerprint density at radius 2 is 1.92 bits per heavy atom. The molecule has 0 spiro atoms. The Labute approximate surface area is 152 Å². The summed E-state index contributed by atoms with van der Waals surface area (Å²) in [5.41, 5.74) is 0.858. The Bertz CT molecular complexity index is 813. The van der Waals surface area contributed by atoms with Crippen LogP contribution in [0.3, 0.4) is 0 Å². The molecule has 1 aromatic heterocycles. The number of rotatable bonds is 8. The van der Waals surface area contributed by atoms with E-state index in [9.17, 15) is 13.2 Å². The van der Waals surface area contributed by atoms with Gasteiger partial charge in [0.05, 0.1) is 16.4 Å². The third-order valence-electron chi connectivity index (χ3n) is 3.64. The van der Waals surface area contributed by atoms with Crippen LogP contribution in [-0.2, 0) is 10.0 Å². The van der Waals surface area contributed by atoms with Crippen molar-refractivity contribution in [3.8, 4) is 5.75 Å². The summed E-state index contributed by atoms with van der Waals surface area (Å²) in [6.45, 7) is 4.40. The predicted octanol–water partition coefficient (Wildman–Crippen LogP) is 2.94. The standard InChI is InChI=1S/C17H22N2O4S2/c1-4-15(12-6-8-13(9-7-12)23-5-2)19-25(21,22)14-10-16(24-11-14)17(20)18-3/h6-11,15,19H,4-5H2,1-3H3,(H,18,20)/t15-/m0/s1. The van der Waals surface area contributed by atoms with Gasteiger partial charge in [0.1, 0.15) is 5.75 Å². The van der Waals surface area contributed by atoms with E-state index >= 15 is 0 Å². The lowest BCUT2D eigenvalue weighted by molar-refractivity contribution is 0.0967. The maximum atomic E-state index is 12.6. The highest BCUT2D eigenvalue weighted by Gasteiger charge is 2.22. The molecule has 136 valence electrons. The van der Waals surface area contributed by atoms with Crippen molar-refractivity contribution in [1.82, 2.24) is 10.0 Å². The summed E-state index contributed by atoms with van der Waals surface area (Å²) in [7, 11) is -2.20. The zero-order valence-corrected chi connectivity index (χ0v) is 16.0. The van der Waals surface area contributed by atoms with Crippen molar-refractivity contribution < 1.29 is 17.9 Å². The molecular weight excluding hydrogens is 360 g/mol. The minimum Gasteiger partial charge on any atom is -0.494 e.